The summed E-state index contributed by atoms with van der Waals surface area (Å²) in [6, 6.07) is 18.7. The van der Waals surface area contributed by atoms with Crippen LogP contribution in [-0.4, -0.2) is 38.9 Å². The van der Waals surface area contributed by atoms with E-state index in [1.807, 2.05) is 18.2 Å². The molecule has 1 atom stereocenters. The van der Waals surface area contributed by atoms with Gasteiger partial charge in [-0.3, -0.25) is 4.79 Å². The van der Waals surface area contributed by atoms with Gasteiger partial charge in [-0.15, -0.1) is 0 Å². The van der Waals surface area contributed by atoms with Gasteiger partial charge in [-0.1, -0.05) is 24.3 Å². The number of carbonyl (C=O) groups excluding carboxylic acids is 1. The maximum absolute atomic E-state index is 13.2. The van der Waals surface area contributed by atoms with Crippen LogP contribution in [0.15, 0.2) is 65.6 Å². The summed E-state index contributed by atoms with van der Waals surface area (Å²) < 4.78 is 34.2. The first-order valence-corrected chi connectivity index (χ1v) is 12.3. The SMILES string of the molecule is COc1ccc2ccc(S(=O)(=O)N[C@H]3CCCCN(Cc4cccc(C#N)c4)C3=O)cc2c1. The Balaban J connectivity index is 1.55. The molecule has 170 valence electrons. The second kappa shape index (κ2) is 9.61. The quantitative estimate of drug-likeness (QED) is 0.602. The van der Waals surface area contributed by atoms with Gasteiger partial charge in [0.15, 0.2) is 0 Å². The van der Waals surface area contributed by atoms with Crippen molar-refractivity contribution in [1.82, 2.24) is 9.62 Å². The summed E-state index contributed by atoms with van der Waals surface area (Å²) in [5.74, 6) is 0.390. The highest BCUT2D eigenvalue weighted by Gasteiger charge is 2.31. The first kappa shape index (κ1) is 22.8. The molecule has 1 aliphatic heterocycles. The molecule has 1 fully saturated rings. The normalized spacial score (nSPS) is 16.9. The molecule has 7 nitrogen and oxygen atoms in total. The molecule has 0 aromatic heterocycles. The minimum absolute atomic E-state index is 0.105. The van der Waals surface area contributed by atoms with Crippen LogP contribution in [0, 0.1) is 11.3 Å². The zero-order chi connectivity index (χ0) is 23.4. The number of fused-ring (bicyclic) bond motifs is 1. The van der Waals surface area contributed by atoms with Crippen molar-refractivity contribution in [2.24, 2.45) is 0 Å². The highest BCUT2D eigenvalue weighted by Crippen LogP contribution is 2.25. The molecule has 0 bridgehead atoms. The predicted molar refractivity (Wildman–Crippen MR) is 125 cm³/mol. The van der Waals surface area contributed by atoms with Crippen molar-refractivity contribution in [3.05, 3.63) is 71.8 Å². The fourth-order valence-corrected chi connectivity index (χ4v) is 5.34. The van der Waals surface area contributed by atoms with Crippen LogP contribution in [0.1, 0.15) is 30.4 Å². The molecule has 0 radical (unpaired) electrons. The summed E-state index contributed by atoms with van der Waals surface area (Å²) in [6.45, 7) is 0.881. The number of methoxy groups -OCH3 is 1. The molecule has 0 spiro atoms. The van der Waals surface area contributed by atoms with E-state index in [2.05, 4.69) is 10.8 Å². The number of ether oxygens (including phenoxy) is 1. The van der Waals surface area contributed by atoms with Crippen molar-refractivity contribution in [3.63, 3.8) is 0 Å². The monoisotopic (exact) mass is 463 g/mol. The number of hydrogen-bond acceptors (Lipinski definition) is 5. The number of benzene rings is 3. The van der Waals surface area contributed by atoms with E-state index in [0.717, 1.165) is 29.2 Å². The van der Waals surface area contributed by atoms with Crippen molar-refractivity contribution < 1.29 is 17.9 Å². The van der Waals surface area contributed by atoms with Crippen molar-refractivity contribution in [3.8, 4) is 11.8 Å². The third kappa shape index (κ3) is 5.16. The van der Waals surface area contributed by atoms with E-state index >= 15 is 0 Å². The minimum atomic E-state index is -3.91. The molecule has 3 aromatic rings. The lowest BCUT2D eigenvalue weighted by atomic mass is 10.1. The third-order valence-corrected chi connectivity index (χ3v) is 7.31. The first-order chi connectivity index (χ1) is 15.9. The lowest BCUT2D eigenvalue weighted by Crippen LogP contribution is -2.47. The number of nitrogens with one attached hydrogen (secondary N) is 1. The number of nitriles is 1. The van der Waals surface area contributed by atoms with Gasteiger partial charge in [0.05, 0.1) is 23.6 Å². The Morgan fingerprint density at radius 3 is 2.70 bits per heavy atom. The van der Waals surface area contributed by atoms with E-state index in [0.29, 0.717) is 30.8 Å². The zero-order valence-electron chi connectivity index (χ0n) is 18.3. The molecule has 8 heteroatoms. The van der Waals surface area contributed by atoms with Crippen molar-refractivity contribution in [2.45, 2.75) is 36.7 Å². The number of rotatable bonds is 6. The highest BCUT2D eigenvalue weighted by atomic mass is 32.2. The number of carbonyl (C=O) groups is 1. The van der Waals surface area contributed by atoms with Crippen LogP contribution < -0.4 is 9.46 Å². The number of likely N-dealkylation sites (tertiary alicyclic amines) is 1. The van der Waals surface area contributed by atoms with Gasteiger partial charge in [0.2, 0.25) is 15.9 Å². The maximum atomic E-state index is 13.2. The zero-order valence-corrected chi connectivity index (χ0v) is 19.1. The summed E-state index contributed by atoms with van der Waals surface area (Å²) in [7, 11) is -2.35. The summed E-state index contributed by atoms with van der Waals surface area (Å²) >= 11 is 0. The van der Waals surface area contributed by atoms with E-state index in [4.69, 9.17) is 10.00 Å². The Hall–Kier alpha value is -3.41. The average Bonchev–Trinajstić information content (AvgIpc) is 2.99. The summed E-state index contributed by atoms with van der Waals surface area (Å²) in [5.41, 5.74) is 1.37. The minimum Gasteiger partial charge on any atom is -0.497 e. The van der Waals surface area contributed by atoms with E-state index in [-0.39, 0.29) is 10.8 Å². The number of nitrogens with zero attached hydrogens (tertiary/aromatic N) is 2. The number of sulfonamides is 1. The van der Waals surface area contributed by atoms with Crippen LogP contribution in [0.25, 0.3) is 10.8 Å². The summed E-state index contributed by atoms with van der Waals surface area (Å²) in [6.07, 6.45) is 1.97. The molecule has 0 unspecified atom stereocenters. The molecular formula is C25H25N3O4S. The van der Waals surface area contributed by atoms with Crippen LogP contribution in [0.2, 0.25) is 0 Å². The van der Waals surface area contributed by atoms with Crippen LogP contribution in [0.3, 0.4) is 0 Å². The number of hydrogen-bond donors (Lipinski definition) is 1. The van der Waals surface area contributed by atoms with Gasteiger partial charge in [0, 0.05) is 13.1 Å². The maximum Gasteiger partial charge on any atom is 0.241 e. The molecular weight excluding hydrogens is 438 g/mol. The van der Waals surface area contributed by atoms with Crippen LogP contribution in [0.5, 0.6) is 5.75 Å². The Labute approximate surface area is 193 Å². The van der Waals surface area contributed by atoms with E-state index in [1.165, 1.54) is 0 Å². The first-order valence-electron chi connectivity index (χ1n) is 10.8. The lowest BCUT2D eigenvalue weighted by molar-refractivity contribution is -0.133. The molecule has 1 N–H and O–H groups in total. The fraction of sp³-hybridized carbons (Fsp3) is 0.280. The van der Waals surface area contributed by atoms with Gasteiger partial charge in [-0.05, 0) is 72.0 Å². The lowest BCUT2D eigenvalue weighted by Gasteiger charge is -2.25. The second-order valence-electron chi connectivity index (χ2n) is 8.12. The largest absolute Gasteiger partial charge is 0.497 e. The van der Waals surface area contributed by atoms with Crippen LogP contribution in [-0.2, 0) is 21.4 Å². The van der Waals surface area contributed by atoms with E-state index in [9.17, 15) is 13.2 Å². The van der Waals surface area contributed by atoms with Crippen molar-refractivity contribution in [1.29, 1.82) is 5.26 Å². The van der Waals surface area contributed by atoms with Crippen LogP contribution >= 0.6 is 0 Å². The van der Waals surface area contributed by atoms with Gasteiger partial charge < -0.3 is 9.64 Å². The smallest absolute Gasteiger partial charge is 0.241 e. The molecule has 0 saturated carbocycles. The van der Waals surface area contributed by atoms with Crippen LogP contribution in [0.4, 0.5) is 0 Å². The van der Waals surface area contributed by atoms with Crippen molar-refractivity contribution >= 4 is 26.7 Å². The molecule has 3 aromatic carbocycles. The highest BCUT2D eigenvalue weighted by molar-refractivity contribution is 7.89. The van der Waals surface area contributed by atoms with Gasteiger partial charge in [-0.25, -0.2) is 8.42 Å². The molecule has 4 rings (SSSR count). The predicted octanol–water partition coefficient (Wildman–Crippen LogP) is 3.58. The molecule has 0 aliphatic carbocycles. The van der Waals surface area contributed by atoms with E-state index < -0.39 is 16.1 Å². The molecule has 1 heterocycles. The Bertz CT molecular complexity index is 1330. The molecule has 1 saturated heterocycles. The average molecular weight is 464 g/mol. The second-order valence-corrected chi connectivity index (χ2v) is 9.83. The fourth-order valence-electron chi connectivity index (χ4n) is 4.08. The van der Waals surface area contributed by atoms with Gasteiger partial charge >= 0.3 is 0 Å². The molecule has 33 heavy (non-hydrogen) atoms. The topological polar surface area (TPSA) is 99.5 Å². The summed E-state index contributed by atoms with van der Waals surface area (Å²) in [4.78, 5) is 15.0. The van der Waals surface area contributed by atoms with Gasteiger partial charge in [0.1, 0.15) is 11.8 Å². The van der Waals surface area contributed by atoms with Crippen molar-refractivity contribution in [2.75, 3.05) is 13.7 Å². The Morgan fingerprint density at radius 1 is 1.09 bits per heavy atom. The molecule has 1 amide bonds. The Kier molecular flexibility index (Phi) is 6.63. The number of amides is 1. The standard InChI is InChI=1S/C25H25N3O4S/c1-32-22-10-8-20-9-11-23(15-21(20)14-22)33(30,31)27-24-7-2-3-12-28(25(24)29)17-19-6-4-5-18(13-19)16-26/h4-6,8-11,13-15,24,27H,2-3,7,12,17H2,1H3/t24-/m0/s1. The van der Waals surface area contributed by atoms with E-state index in [1.54, 1.807) is 54.5 Å². The van der Waals surface area contributed by atoms with Gasteiger partial charge in [0.25, 0.3) is 0 Å². The summed E-state index contributed by atoms with van der Waals surface area (Å²) in [5, 5.41) is 10.8. The third-order valence-electron chi connectivity index (χ3n) is 5.84. The molecule has 1 aliphatic rings. The van der Waals surface area contributed by atoms with Gasteiger partial charge in [-0.2, -0.15) is 9.98 Å². The Morgan fingerprint density at radius 2 is 1.91 bits per heavy atom.